The molecule has 1 aliphatic heterocycles. The zero-order valence-electron chi connectivity index (χ0n) is 17.3. The Hall–Kier alpha value is -3.54. The van der Waals surface area contributed by atoms with Crippen LogP contribution in [0.25, 0.3) is 0 Å². The molecule has 0 aliphatic carbocycles. The summed E-state index contributed by atoms with van der Waals surface area (Å²) in [5, 5.41) is 10.5. The molecule has 0 unspecified atom stereocenters. The number of rotatable bonds is 4. The Morgan fingerprint density at radius 2 is 2.03 bits per heavy atom. The van der Waals surface area contributed by atoms with E-state index >= 15 is 0 Å². The van der Waals surface area contributed by atoms with Crippen LogP contribution < -0.4 is 11.1 Å². The SMILES string of the molecule is C[C@@H](Nc1nc(Cl)nc2c1CN(C(=O)c1nccnn1)CC2)c1cc(N)cc(C(F)(F)F)c1. The number of nitrogen functional groups attached to an aromatic ring is 1. The predicted octanol–water partition coefficient (Wildman–Crippen LogP) is 3.29. The number of fused-ring (bicyclic) bond motifs is 1. The summed E-state index contributed by atoms with van der Waals surface area (Å²) in [4.78, 5) is 26.7. The minimum Gasteiger partial charge on any atom is -0.399 e. The van der Waals surface area contributed by atoms with Crippen LogP contribution in [0.2, 0.25) is 5.28 Å². The molecule has 3 N–H and O–H groups in total. The molecule has 0 saturated carbocycles. The number of carbonyl (C=O) groups excluding carboxylic acids is 1. The van der Waals surface area contributed by atoms with Gasteiger partial charge in [0.15, 0.2) is 0 Å². The number of anilines is 2. The lowest BCUT2D eigenvalue weighted by Crippen LogP contribution is -2.38. The second-order valence-corrected chi connectivity index (χ2v) is 7.80. The summed E-state index contributed by atoms with van der Waals surface area (Å²) in [6, 6.07) is 2.76. The molecule has 1 aliphatic rings. The topological polar surface area (TPSA) is 123 Å². The Kier molecular flexibility index (Phi) is 6.02. The molecule has 0 saturated heterocycles. The van der Waals surface area contributed by atoms with Crippen molar-refractivity contribution in [3.63, 3.8) is 0 Å². The molecular formula is C20H18ClF3N8O. The Morgan fingerprint density at radius 1 is 1.24 bits per heavy atom. The highest BCUT2D eigenvalue weighted by molar-refractivity contribution is 6.28. The molecule has 0 radical (unpaired) electrons. The van der Waals surface area contributed by atoms with Crippen molar-refractivity contribution in [1.29, 1.82) is 0 Å². The fraction of sp³-hybridized carbons (Fsp3) is 0.300. The number of alkyl halides is 3. The third kappa shape index (κ3) is 4.95. The molecule has 13 heteroatoms. The van der Waals surface area contributed by atoms with Crippen molar-refractivity contribution >= 4 is 29.0 Å². The molecule has 1 amide bonds. The van der Waals surface area contributed by atoms with Crippen molar-refractivity contribution in [2.24, 2.45) is 0 Å². The summed E-state index contributed by atoms with van der Waals surface area (Å²) in [5.74, 6) is -0.135. The van der Waals surface area contributed by atoms with E-state index < -0.39 is 23.7 Å². The lowest BCUT2D eigenvalue weighted by atomic mass is 10.0. The fourth-order valence-corrected chi connectivity index (χ4v) is 3.73. The highest BCUT2D eigenvalue weighted by Crippen LogP contribution is 2.34. The summed E-state index contributed by atoms with van der Waals surface area (Å²) in [7, 11) is 0. The first kappa shape index (κ1) is 22.6. The van der Waals surface area contributed by atoms with Crippen LogP contribution in [0.1, 0.15) is 46.0 Å². The van der Waals surface area contributed by atoms with Gasteiger partial charge in [-0.15, -0.1) is 5.10 Å². The van der Waals surface area contributed by atoms with Gasteiger partial charge < -0.3 is 16.0 Å². The van der Waals surface area contributed by atoms with Gasteiger partial charge in [0.1, 0.15) is 5.82 Å². The number of nitrogens with zero attached hydrogens (tertiary/aromatic N) is 6. The van der Waals surface area contributed by atoms with E-state index in [1.807, 2.05) is 0 Å². The largest absolute Gasteiger partial charge is 0.416 e. The quantitative estimate of drug-likeness (QED) is 0.432. The van der Waals surface area contributed by atoms with Gasteiger partial charge in [-0.25, -0.2) is 15.0 Å². The van der Waals surface area contributed by atoms with Crippen LogP contribution in [-0.4, -0.2) is 42.5 Å². The number of aromatic nitrogens is 5. The summed E-state index contributed by atoms with van der Waals surface area (Å²) in [6.07, 6.45) is -1.39. The van der Waals surface area contributed by atoms with Crippen LogP contribution in [0.5, 0.6) is 0 Å². The van der Waals surface area contributed by atoms with E-state index in [9.17, 15) is 18.0 Å². The molecule has 1 atom stereocenters. The minimum absolute atomic E-state index is 0.00975. The number of carbonyl (C=O) groups is 1. The van der Waals surface area contributed by atoms with Crippen molar-refractivity contribution < 1.29 is 18.0 Å². The standard InChI is InChI=1S/C20H18ClF3N8O/c1-10(11-6-12(20(22,23)24)8-13(25)7-11)28-16-14-9-32(5-2-15(14)29-19(21)30-16)18(33)17-26-3-4-27-31-17/h3-4,6-8,10H,2,5,9,25H2,1H3,(H,28,29,30)/t10-/m1/s1. The maximum absolute atomic E-state index is 13.2. The number of hydrogen-bond donors (Lipinski definition) is 2. The van der Waals surface area contributed by atoms with Crippen LogP contribution in [-0.2, 0) is 19.1 Å². The van der Waals surface area contributed by atoms with Crippen molar-refractivity contribution in [3.8, 4) is 0 Å². The predicted molar refractivity (Wildman–Crippen MR) is 113 cm³/mol. The molecule has 4 rings (SSSR count). The van der Waals surface area contributed by atoms with E-state index in [2.05, 4.69) is 30.5 Å². The molecule has 9 nitrogen and oxygen atoms in total. The Labute approximate surface area is 191 Å². The molecule has 1 aromatic carbocycles. The monoisotopic (exact) mass is 478 g/mol. The molecule has 3 aromatic rings. The summed E-state index contributed by atoms with van der Waals surface area (Å²) >= 11 is 6.08. The van der Waals surface area contributed by atoms with Gasteiger partial charge in [-0.2, -0.15) is 18.3 Å². The Morgan fingerprint density at radius 3 is 2.73 bits per heavy atom. The maximum atomic E-state index is 13.2. The van der Waals surface area contributed by atoms with Crippen LogP contribution in [0.3, 0.4) is 0 Å². The van der Waals surface area contributed by atoms with Gasteiger partial charge in [-0.05, 0) is 42.3 Å². The third-order valence-electron chi connectivity index (χ3n) is 5.15. The van der Waals surface area contributed by atoms with E-state index in [1.165, 1.54) is 23.4 Å². The number of amides is 1. The molecule has 3 heterocycles. The van der Waals surface area contributed by atoms with E-state index in [4.69, 9.17) is 17.3 Å². The van der Waals surface area contributed by atoms with Crippen LogP contribution in [0.15, 0.2) is 30.6 Å². The maximum Gasteiger partial charge on any atom is 0.416 e. The Bertz CT molecular complexity index is 1190. The van der Waals surface area contributed by atoms with Gasteiger partial charge in [-0.3, -0.25) is 4.79 Å². The average molecular weight is 479 g/mol. The lowest BCUT2D eigenvalue weighted by molar-refractivity contribution is -0.137. The zero-order valence-corrected chi connectivity index (χ0v) is 18.0. The molecule has 0 fully saturated rings. The number of hydrogen-bond acceptors (Lipinski definition) is 8. The smallest absolute Gasteiger partial charge is 0.399 e. The number of nitrogens with two attached hydrogens (primary N) is 1. The number of halogens is 4. The first-order valence-electron chi connectivity index (χ1n) is 9.84. The van der Waals surface area contributed by atoms with Crippen LogP contribution >= 0.6 is 11.6 Å². The van der Waals surface area contributed by atoms with Gasteiger partial charge in [0.25, 0.3) is 5.91 Å². The van der Waals surface area contributed by atoms with Gasteiger partial charge >= 0.3 is 6.18 Å². The van der Waals surface area contributed by atoms with E-state index in [-0.39, 0.29) is 23.3 Å². The first-order chi connectivity index (χ1) is 15.6. The molecule has 33 heavy (non-hydrogen) atoms. The van der Waals surface area contributed by atoms with E-state index in [1.54, 1.807) is 6.92 Å². The minimum atomic E-state index is -4.53. The summed E-state index contributed by atoms with van der Waals surface area (Å²) in [6.45, 7) is 2.17. The number of nitrogens with one attached hydrogen (secondary N) is 1. The normalized spacial score (nSPS) is 14.5. The van der Waals surface area contributed by atoms with Gasteiger partial charge in [-0.1, -0.05) is 0 Å². The zero-order chi connectivity index (χ0) is 23.8. The highest BCUT2D eigenvalue weighted by atomic mass is 35.5. The van der Waals surface area contributed by atoms with Crippen molar-refractivity contribution in [3.05, 3.63) is 64.1 Å². The lowest BCUT2D eigenvalue weighted by Gasteiger charge is -2.29. The van der Waals surface area contributed by atoms with Crippen LogP contribution in [0.4, 0.5) is 24.7 Å². The Balaban J connectivity index is 1.62. The van der Waals surface area contributed by atoms with E-state index in [0.717, 1.165) is 12.1 Å². The summed E-state index contributed by atoms with van der Waals surface area (Å²) in [5.41, 5.74) is 6.41. The second-order valence-electron chi connectivity index (χ2n) is 7.46. The molecule has 2 aromatic heterocycles. The molecule has 0 spiro atoms. The van der Waals surface area contributed by atoms with Gasteiger partial charge in [0, 0.05) is 30.4 Å². The highest BCUT2D eigenvalue weighted by Gasteiger charge is 2.32. The molecular weight excluding hydrogens is 461 g/mol. The van der Waals surface area contributed by atoms with E-state index in [0.29, 0.717) is 35.6 Å². The van der Waals surface area contributed by atoms with Crippen molar-refractivity contribution in [2.45, 2.75) is 32.1 Å². The van der Waals surface area contributed by atoms with Crippen molar-refractivity contribution in [1.82, 2.24) is 30.0 Å². The van der Waals surface area contributed by atoms with Gasteiger partial charge in [0.2, 0.25) is 11.1 Å². The third-order valence-corrected chi connectivity index (χ3v) is 5.32. The molecule has 172 valence electrons. The number of benzene rings is 1. The first-order valence-corrected chi connectivity index (χ1v) is 10.2. The van der Waals surface area contributed by atoms with Gasteiger partial charge in [0.05, 0.1) is 30.0 Å². The fourth-order valence-electron chi connectivity index (χ4n) is 3.54. The van der Waals surface area contributed by atoms with Crippen LogP contribution in [0, 0.1) is 0 Å². The average Bonchev–Trinajstić information content (AvgIpc) is 2.78. The second kappa shape index (κ2) is 8.77. The summed E-state index contributed by atoms with van der Waals surface area (Å²) < 4.78 is 39.6. The van der Waals surface area contributed by atoms with Crippen molar-refractivity contribution in [2.75, 3.05) is 17.6 Å². The molecule has 0 bridgehead atoms.